The number of aromatic carboxylic acids is 1. The summed E-state index contributed by atoms with van der Waals surface area (Å²) < 4.78 is 0. The van der Waals surface area contributed by atoms with Gasteiger partial charge >= 0.3 is 5.97 Å². The average molecular weight is 276 g/mol. The molecule has 2 N–H and O–H groups in total. The number of nitrogens with zero attached hydrogens (tertiary/aromatic N) is 1. The van der Waals surface area contributed by atoms with Gasteiger partial charge in [0.15, 0.2) is 0 Å². The fraction of sp³-hybridized carbons (Fsp3) is 0.562. The largest absolute Gasteiger partial charge is 0.478 e. The second-order valence-corrected chi connectivity index (χ2v) is 5.71. The van der Waals surface area contributed by atoms with Crippen molar-refractivity contribution in [2.75, 3.05) is 26.2 Å². The van der Waals surface area contributed by atoms with Crippen LogP contribution in [0.4, 0.5) is 0 Å². The van der Waals surface area contributed by atoms with Crippen LogP contribution in [0.15, 0.2) is 24.3 Å². The highest BCUT2D eigenvalue weighted by molar-refractivity contribution is 5.89. The van der Waals surface area contributed by atoms with Gasteiger partial charge in [0.1, 0.15) is 0 Å². The smallest absolute Gasteiger partial charge is 0.336 e. The van der Waals surface area contributed by atoms with Gasteiger partial charge in [0.2, 0.25) is 0 Å². The lowest BCUT2D eigenvalue weighted by Crippen LogP contribution is -2.31. The summed E-state index contributed by atoms with van der Waals surface area (Å²) in [5.41, 5.74) is 1.25. The number of hydrogen-bond acceptors (Lipinski definition) is 3. The normalized spacial score (nSPS) is 17.2. The van der Waals surface area contributed by atoms with E-state index in [1.807, 2.05) is 12.1 Å². The molecule has 0 spiro atoms. The maximum Gasteiger partial charge on any atom is 0.336 e. The van der Waals surface area contributed by atoms with Gasteiger partial charge in [0, 0.05) is 13.1 Å². The number of hydrogen-bond donors (Lipinski definition) is 2. The number of likely N-dealkylation sites (tertiary alicyclic amines) is 1. The van der Waals surface area contributed by atoms with Crippen LogP contribution >= 0.6 is 0 Å². The van der Waals surface area contributed by atoms with E-state index in [9.17, 15) is 4.79 Å². The maximum atomic E-state index is 11.1. The van der Waals surface area contributed by atoms with E-state index in [1.54, 1.807) is 12.1 Å². The molecule has 0 radical (unpaired) electrons. The fourth-order valence-corrected chi connectivity index (χ4v) is 2.81. The molecule has 20 heavy (non-hydrogen) atoms. The van der Waals surface area contributed by atoms with Crippen molar-refractivity contribution in [1.29, 1.82) is 0 Å². The van der Waals surface area contributed by atoms with Crippen LogP contribution in [-0.4, -0.2) is 42.2 Å². The number of carboxylic acids is 1. The minimum absolute atomic E-state index is 0.396. The molecule has 0 aliphatic carbocycles. The zero-order valence-electron chi connectivity index (χ0n) is 12.1. The van der Waals surface area contributed by atoms with Gasteiger partial charge in [-0.25, -0.2) is 4.79 Å². The van der Waals surface area contributed by atoms with Gasteiger partial charge in [-0.1, -0.05) is 25.1 Å². The van der Waals surface area contributed by atoms with Gasteiger partial charge in [-0.3, -0.25) is 0 Å². The Morgan fingerprint density at radius 2 is 2.05 bits per heavy atom. The van der Waals surface area contributed by atoms with Gasteiger partial charge in [0.05, 0.1) is 5.56 Å². The van der Waals surface area contributed by atoms with Gasteiger partial charge in [-0.15, -0.1) is 0 Å². The van der Waals surface area contributed by atoms with E-state index in [0.717, 1.165) is 18.7 Å². The zero-order chi connectivity index (χ0) is 14.4. The molecule has 1 aliphatic heterocycles. The van der Waals surface area contributed by atoms with Crippen molar-refractivity contribution < 1.29 is 9.90 Å². The Balaban J connectivity index is 1.76. The van der Waals surface area contributed by atoms with Crippen molar-refractivity contribution in [3.8, 4) is 0 Å². The first-order valence-corrected chi connectivity index (χ1v) is 7.41. The molecule has 110 valence electrons. The van der Waals surface area contributed by atoms with Crippen LogP contribution in [0.25, 0.3) is 0 Å². The molecule has 0 amide bonds. The van der Waals surface area contributed by atoms with Crippen molar-refractivity contribution >= 4 is 5.97 Å². The minimum Gasteiger partial charge on any atom is -0.478 e. The lowest BCUT2D eigenvalue weighted by molar-refractivity contribution is 0.0695. The fourth-order valence-electron chi connectivity index (χ4n) is 2.81. The highest BCUT2D eigenvalue weighted by atomic mass is 16.4. The van der Waals surface area contributed by atoms with E-state index in [-0.39, 0.29) is 0 Å². The molecule has 1 heterocycles. The SMILES string of the molecule is CC(CNCc1ccccc1C(=O)O)CN1CCCC1. The van der Waals surface area contributed by atoms with Crippen LogP contribution < -0.4 is 5.32 Å². The number of rotatable bonds is 7. The van der Waals surface area contributed by atoms with E-state index in [2.05, 4.69) is 17.1 Å². The summed E-state index contributed by atoms with van der Waals surface area (Å²) >= 11 is 0. The quantitative estimate of drug-likeness (QED) is 0.801. The van der Waals surface area contributed by atoms with Crippen molar-refractivity contribution in [2.45, 2.75) is 26.3 Å². The number of nitrogens with one attached hydrogen (secondary N) is 1. The molecule has 1 saturated heterocycles. The molecule has 0 bridgehead atoms. The molecule has 4 nitrogen and oxygen atoms in total. The van der Waals surface area contributed by atoms with E-state index in [1.165, 1.54) is 25.9 Å². The first kappa shape index (κ1) is 15.0. The summed E-state index contributed by atoms with van der Waals surface area (Å²) in [5, 5.41) is 12.5. The van der Waals surface area contributed by atoms with E-state index < -0.39 is 5.97 Å². The van der Waals surface area contributed by atoms with E-state index in [0.29, 0.717) is 18.0 Å². The van der Waals surface area contributed by atoms with Crippen LogP contribution in [0.2, 0.25) is 0 Å². The third-order valence-corrected chi connectivity index (χ3v) is 3.82. The molecule has 4 heteroatoms. The van der Waals surface area contributed by atoms with Crippen molar-refractivity contribution in [1.82, 2.24) is 10.2 Å². The first-order valence-electron chi connectivity index (χ1n) is 7.41. The van der Waals surface area contributed by atoms with Crippen molar-refractivity contribution in [2.24, 2.45) is 5.92 Å². The summed E-state index contributed by atoms with van der Waals surface area (Å²) in [5.74, 6) is -0.266. The molecular formula is C16H24N2O2. The Hall–Kier alpha value is -1.39. The van der Waals surface area contributed by atoms with Crippen LogP contribution in [-0.2, 0) is 6.54 Å². The van der Waals surface area contributed by atoms with Gasteiger partial charge < -0.3 is 15.3 Å². The lowest BCUT2D eigenvalue weighted by Gasteiger charge is -2.20. The molecule has 1 aromatic rings. The highest BCUT2D eigenvalue weighted by Crippen LogP contribution is 2.11. The Morgan fingerprint density at radius 3 is 2.75 bits per heavy atom. The lowest BCUT2D eigenvalue weighted by atomic mass is 10.1. The van der Waals surface area contributed by atoms with Crippen LogP contribution in [0, 0.1) is 5.92 Å². The number of carbonyl (C=O) groups is 1. The van der Waals surface area contributed by atoms with Crippen LogP contribution in [0.1, 0.15) is 35.7 Å². The number of benzene rings is 1. The van der Waals surface area contributed by atoms with Crippen LogP contribution in [0.3, 0.4) is 0 Å². The molecule has 1 unspecified atom stereocenters. The molecule has 0 saturated carbocycles. The molecule has 1 aliphatic rings. The molecular weight excluding hydrogens is 252 g/mol. The minimum atomic E-state index is -0.854. The summed E-state index contributed by atoms with van der Waals surface area (Å²) in [7, 11) is 0. The Morgan fingerprint density at radius 1 is 1.35 bits per heavy atom. The summed E-state index contributed by atoms with van der Waals surface area (Å²) in [6, 6.07) is 7.19. The Labute approximate surface area is 120 Å². The zero-order valence-corrected chi connectivity index (χ0v) is 12.1. The first-order chi connectivity index (χ1) is 9.66. The maximum absolute atomic E-state index is 11.1. The summed E-state index contributed by atoms with van der Waals surface area (Å²) in [6.45, 7) is 7.37. The van der Waals surface area contributed by atoms with Gasteiger partial charge in [-0.2, -0.15) is 0 Å². The van der Waals surface area contributed by atoms with Crippen molar-refractivity contribution in [3.63, 3.8) is 0 Å². The molecule has 0 aromatic heterocycles. The van der Waals surface area contributed by atoms with Gasteiger partial charge in [-0.05, 0) is 50.0 Å². The predicted octanol–water partition coefficient (Wildman–Crippen LogP) is 2.21. The second kappa shape index (κ2) is 7.41. The average Bonchev–Trinajstić information content (AvgIpc) is 2.92. The van der Waals surface area contributed by atoms with Crippen LogP contribution in [0.5, 0.6) is 0 Å². The van der Waals surface area contributed by atoms with Gasteiger partial charge in [0.25, 0.3) is 0 Å². The summed E-state index contributed by atoms with van der Waals surface area (Å²) in [6.07, 6.45) is 2.65. The van der Waals surface area contributed by atoms with E-state index >= 15 is 0 Å². The summed E-state index contributed by atoms with van der Waals surface area (Å²) in [4.78, 5) is 13.6. The number of carboxylic acid groups (broad SMARTS) is 1. The molecule has 1 aromatic carbocycles. The molecule has 1 atom stereocenters. The second-order valence-electron chi connectivity index (χ2n) is 5.71. The monoisotopic (exact) mass is 276 g/mol. The van der Waals surface area contributed by atoms with E-state index in [4.69, 9.17) is 5.11 Å². The molecule has 2 rings (SSSR count). The molecule has 1 fully saturated rings. The standard InChI is InChI=1S/C16H24N2O2/c1-13(12-18-8-4-5-9-18)10-17-11-14-6-2-3-7-15(14)16(19)20/h2-3,6-7,13,17H,4-5,8-12H2,1H3,(H,19,20). The topological polar surface area (TPSA) is 52.6 Å². The highest BCUT2D eigenvalue weighted by Gasteiger charge is 2.14. The van der Waals surface area contributed by atoms with Crippen molar-refractivity contribution in [3.05, 3.63) is 35.4 Å². The predicted molar refractivity (Wildman–Crippen MR) is 79.9 cm³/mol. The third kappa shape index (κ3) is 4.32. The Kier molecular flexibility index (Phi) is 5.56. The third-order valence-electron chi connectivity index (χ3n) is 3.82. The Bertz CT molecular complexity index is 442.